The second-order valence-corrected chi connectivity index (χ2v) is 5.84. The quantitative estimate of drug-likeness (QED) is 0.899. The van der Waals surface area contributed by atoms with Crippen molar-refractivity contribution in [2.45, 2.75) is 32.3 Å². The van der Waals surface area contributed by atoms with Gasteiger partial charge in [0.1, 0.15) is 11.1 Å². The predicted molar refractivity (Wildman–Crippen MR) is 68.5 cm³/mol. The molecule has 98 valence electrons. The second-order valence-electron chi connectivity index (χ2n) is 4.80. The number of ether oxygens (including phenoxy) is 1. The molecule has 2 N–H and O–H groups in total. The summed E-state index contributed by atoms with van der Waals surface area (Å²) in [6, 6.07) is 0. The number of hydrogen-bond acceptors (Lipinski definition) is 6. The Morgan fingerprint density at radius 2 is 2.44 bits per heavy atom. The third-order valence-corrected chi connectivity index (χ3v) is 4.12. The van der Waals surface area contributed by atoms with Crippen molar-refractivity contribution in [3.05, 3.63) is 10.8 Å². The van der Waals surface area contributed by atoms with E-state index in [1.165, 1.54) is 0 Å². The molecule has 7 heteroatoms. The molecule has 0 radical (unpaired) electrons. The first kappa shape index (κ1) is 12.0. The molecule has 2 aromatic rings. The number of nitrogens with two attached hydrogens (primary N) is 1. The van der Waals surface area contributed by atoms with E-state index >= 15 is 0 Å². The SMILES string of the molecule is CC(CN)Cc1nn2c(C3CCCO3)nnc2s1. The number of hydrogen-bond donors (Lipinski definition) is 1. The van der Waals surface area contributed by atoms with Crippen LogP contribution >= 0.6 is 11.3 Å². The number of nitrogens with zero attached hydrogens (tertiary/aromatic N) is 4. The minimum atomic E-state index is 0.0573. The van der Waals surface area contributed by atoms with Gasteiger partial charge in [-0.1, -0.05) is 18.3 Å². The van der Waals surface area contributed by atoms with Crippen LogP contribution in [0.2, 0.25) is 0 Å². The van der Waals surface area contributed by atoms with Gasteiger partial charge in [-0.2, -0.15) is 9.61 Å². The zero-order valence-electron chi connectivity index (χ0n) is 10.4. The van der Waals surface area contributed by atoms with Crippen molar-refractivity contribution in [2.75, 3.05) is 13.2 Å². The normalized spacial score (nSPS) is 21.8. The fourth-order valence-electron chi connectivity index (χ4n) is 2.12. The van der Waals surface area contributed by atoms with Crippen LogP contribution in [0.5, 0.6) is 0 Å². The minimum absolute atomic E-state index is 0.0573. The predicted octanol–water partition coefficient (Wildman–Crippen LogP) is 1.17. The van der Waals surface area contributed by atoms with Gasteiger partial charge in [-0.15, -0.1) is 10.2 Å². The molecule has 2 aromatic heterocycles. The Labute approximate surface area is 109 Å². The molecule has 1 aliphatic rings. The first-order valence-corrected chi connectivity index (χ1v) is 7.12. The molecular formula is C11H17N5OS. The monoisotopic (exact) mass is 267 g/mol. The van der Waals surface area contributed by atoms with Crippen LogP contribution in [-0.2, 0) is 11.2 Å². The maximum Gasteiger partial charge on any atom is 0.234 e. The van der Waals surface area contributed by atoms with Crippen LogP contribution in [0.3, 0.4) is 0 Å². The Hall–Kier alpha value is -1.05. The average molecular weight is 267 g/mol. The Bertz CT molecular complexity index is 531. The van der Waals surface area contributed by atoms with E-state index in [4.69, 9.17) is 10.5 Å². The van der Waals surface area contributed by atoms with Crippen molar-refractivity contribution >= 4 is 16.3 Å². The summed E-state index contributed by atoms with van der Waals surface area (Å²) in [4.78, 5) is 0.847. The zero-order chi connectivity index (χ0) is 12.5. The Morgan fingerprint density at radius 3 is 3.17 bits per heavy atom. The summed E-state index contributed by atoms with van der Waals surface area (Å²) in [7, 11) is 0. The number of rotatable bonds is 4. The van der Waals surface area contributed by atoms with E-state index in [-0.39, 0.29) is 6.10 Å². The summed E-state index contributed by atoms with van der Waals surface area (Å²) in [6.45, 7) is 3.61. The highest BCUT2D eigenvalue weighted by Crippen LogP contribution is 2.28. The molecule has 2 unspecified atom stereocenters. The third-order valence-electron chi connectivity index (χ3n) is 3.20. The van der Waals surface area contributed by atoms with Gasteiger partial charge in [0.15, 0.2) is 5.82 Å². The molecule has 6 nitrogen and oxygen atoms in total. The van der Waals surface area contributed by atoms with E-state index in [1.54, 1.807) is 11.3 Å². The van der Waals surface area contributed by atoms with Gasteiger partial charge in [-0.3, -0.25) is 0 Å². The maximum atomic E-state index is 5.64. The van der Waals surface area contributed by atoms with E-state index in [1.807, 2.05) is 4.52 Å². The molecule has 0 spiro atoms. The largest absolute Gasteiger partial charge is 0.370 e. The number of fused-ring (bicyclic) bond motifs is 1. The highest BCUT2D eigenvalue weighted by Gasteiger charge is 2.25. The van der Waals surface area contributed by atoms with Gasteiger partial charge in [-0.05, 0) is 25.3 Å². The van der Waals surface area contributed by atoms with Crippen molar-refractivity contribution in [1.82, 2.24) is 19.8 Å². The Morgan fingerprint density at radius 1 is 1.56 bits per heavy atom. The average Bonchev–Trinajstić information content (AvgIpc) is 3.03. The summed E-state index contributed by atoms with van der Waals surface area (Å²) in [5.41, 5.74) is 5.64. The lowest BCUT2D eigenvalue weighted by atomic mass is 10.1. The highest BCUT2D eigenvalue weighted by atomic mass is 32.1. The van der Waals surface area contributed by atoms with Gasteiger partial charge in [0.25, 0.3) is 0 Å². The Balaban J connectivity index is 1.88. The summed E-state index contributed by atoms with van der Waals surface area (Å²) < 4.78 is 7.47. The molecule has 2 atom stereocenters. The summed E-state index contributed by atoms with van der Waals surface area (Å²) in [5.74, 6) is 1.28. The smallest absolute Gasteiger partial charge is 0.234 e. The van der Waals surface area contributed by atoms with Gasteiger partial charge in [-0.25, -0.2) is 0 Å². The maximum absolute atomic E-state index is 5.64. The molecule has 18 heavy (non-hydrogen) atoms. The number of aromatic nitrogens is 4. The second kappa shape index (κ2) is 4.91. The molecular weight excluding hydrogens is 250 g/mol. The van der Waals surface area contributed by atoms with Crippen LogP contribution in [0.25, 0.3) is 4.96 Å². The molecule has 0 saturated carbocycles. The molecule has 3 heterocycles. The van der Waals surface area contributed by atoms with Gasteiger partial charge >= 0.3 is 0 Å². The summed E-state index contributed by atoms with van der Waals surface area (Å²) in [6.07, 6.45) is 3.05. The van der Waals surface area contributed by atoms with E-state index in [0.29, 0.717) is 12.5 Å². The summed E-state index contributed by atoms with van der Waals surface area (Å²) >= 11 is 1.59. The van der Waals surface area contributed by atoms with Crippen molar-refractivity contribution in [1.29, 1.82) is 0 Å². The van der Waals surface area contributed by atoms with Crippen LogP contribution in [0, 0.1) is 5.92 Å². The lowest BCUT2D eigenvalue weighted by Crippen LogP contribution is -2.13. The van der Waals surface area contributed by atoms with Crippen molar-refractivity contribution in [2.24, 2.45) is 11.7 Å². The van der Waals surface area contributed by atoms with E-state index in [0.717, 1.165) is 41.7 Å². The zero-order valence-corrected chi connectivity index (χ0v) is 11.2. The standard InChI is InChI=1S/C11H17N5OS/c1-7(6-12)5-9-15-16-10(8-3-2-4-17-8)13-14-11(16)18-9/h7-8H,2-6,12H2,1H3. The van der Waals surface area contributed by atoms with Gasteiger partial charge in [0, 0.05) is 13.0 Å². The van der Waals surface area contributed by atoms with Crippen LogP contribution in [0.15, 0.2) is 0 Å². The first-order valence-electron chi connectivity index (χ1n) is 6.30. The van der Waals surface area contributed by atoms with Crippen molar-refractivity contribution in [3.63, 3.8) is 0 Å². The van der Waals surface area contributed by atoms with Crippen molar-refractivity contribution < 1.29 is 4.74 Å². The lowest BCUT2D eigenvalue weighted by molar-refractivity contribution is 0.103. The fourth-order valence-corrected chi connectivity index (χ4v) is 3.12. The van der Waals surface area contributed by atoms with Gasteiger partial charge in [0.2, 0.25) is 4.96 Å². The van der Waals surface area contributed by atoms with Crippen LogP contribution in [0.1, 0.15) is 36.7 Å². The molecule has 1 saturated heterocycles. The topological polar surface area (TPSA) is 78.3 Å². The molecule has 0 bridgehead atoms. The van der Waals surface area contributed by atoms with E-state index in [2.05, 4.69) is 22.2 Å². The fraction of sp³-hybridized carbons (Fsp3) is 0.727. The molecule has 3 rings (SSSR count). The molecule has 0 amide bonds. The molecule has 0 aromatic carbocycles. The summed E-state index contributed by atoms with van der Waals surface area (Å²) in [5, 5.41) is 14.0. The van der Waals surface area contributed by atoms with Gasteiger partial charge in [0.05, 0.1) is 0 Å². The van der Waals surface area contributed by atoms with E-state index in [9.17, 15) is 0 Å². The molecule has 1 aliphatic heterocycles. The van der Waals surface area contributed by atoms with Crippen LogP contribution < -0.4 is 5.73 Å². The van der Waals surface area contributed by atoms with Gasteiger partial charge < -0.3 is 10.5 Å². The molecule has 1 fully saturated rings. The highest BCUT2D eigenvalue weighted by molar-refractivity contribution is 7.16. The third kappa shape index (κ3) is 2.13. The minimum Gasteiger partial charge on any atom is -0.370 e. The first-order chi connectivity index (χ1) is 8.78. The van der Waals surface area contributed by atoms with Crippen LogP contribution in [0.4, 0.5) is 0 Å². The van der Waals surface area contributed by atoms with Crippen LogP contribution in [-0.4, -0.2) is 33.0 Å². The Kier molecular flexibility index (Phi) is 3.27. The lowest BCUT2D eigenvalue weighted by Gasteiger charge is -2.05. The van der Waals surface area contributed by atoms with Crippen molar-refractivity contribution in [3.8, 4) is 0 Å². The van der Waals surface area contributed by atoms with E-state index < -0.39 is 0 Å². The molecule has 0 aliphatic carbocycles.